The molecule has 0 atom stereocenters. The molecule has 2 aromatic carbocycles. The average Bonchev–Trinajstić information content (AvgIpc) is 3.20. The van der Waals surface area contributed by atoms with Crippen molar-refractivity contribution in [2.75, 3.05) is 11.9 Å². The summed E-state index contributed by atoms with van der Waals surface area (Å²) in [6, 6.07) is 17.8. The van der Waals surface area contributed by atoms with Gasteiger partial charge in [-0.2, -0.15) is 5.10 Å². The van der Waals surface area contributed by atoms with E-state index in [2.05, 4.69) is 15.5 Å². The van der Waals surface area contributed by atoms with Gasteiger partial charge in [0.15, 0.2) is 0 Å². The number of benzene rings is 2. The predicted octanol–water partition coefficient (Wildman–Crippen LogP) is 3.53. The standard InChI is InChI=1S/C26H22N4O6/c1-3-35-26(34)17-14(2)36-25(19(17)22(27)31)28-23(32)20-18(15-10-6-4-7-11-15)21(29-30-24(20)33)16-12-8-5-9-13-16/h4-13H,3H2,1-2H3,(H2,27,31)(H,28,32)(H,30,33). The molecule has 10 nitrogen and oxygen atoms in total. The van der Waals surface area contributed by atoms with Gasteiger partial charge in [0.1, 0.15) is 22.5 Å². The highest BCUT2D eigenvalue weighted by atomic mass is 16.5. The lowest BCUT2D eigenvalue weighted by Gasteiger charge is -2.13. The number of amides is 2. The molecule has 4 rings (SSSR count). The van der Waals surface area contributed by atoms with Gasteiger partial charge in [-0.3, -0.25) is 19.7 Å². The van der Waals surface area contributed by atoms with Crippen LogP contribution in [0.3, 0.4) is 0 Å². The molecule has 2 heterocycles. The number of ether oxygens (including phenoxy) is 1. The van der Waals surface area contributed by atoms with E-state index in [1.165, 1.54) is 6.92 Å². The molecule has 0 spiro atoms. The number of hydrogen-bond donors (Lipinski definition) is 3. The number of nitrogens with two attached hydrogens (primary N) is 1. The number of esters is 1. The zero-order valence-corrected chi connectivity index (χ0v) is 19.5. The maximum absolute atomic E-state index is 13.5. The molecule has 2 aromatic heterocycles. The molecule has 0 aliphatic carbocycles. The molecule has 10 heteroatoms. The third-order valence-electron chi connectivity index (χ3n) is 5.36. The van der Waals surface area contributed by atoms with Crippen LogP contribution < -0.4 is 16.6 Å². The van der Waals surface area contributed by atoms with Crippen LogP contribution >= 0.6 is 0 Å². The highest BCUT2D eigenvalue weighted by molar-refractivity contribution is 6.14. The van der Waals surface area contributed by atoms with E-state index in [1.807, 2.05) is 6.07 Å². The number of nitrogens with one attached hydrogen (secondary N) is 2. The lowest BCUT2D eigenvalue weighted by atomic mass is 9.95. The van der Waals surface area contributed by atoms with E-state index in [0.29, 0.717) is 16.8 Å². The molecule has 0 unspecified atom stereocenters. The van der Waals surface area contributed by atoms with Crippen LogP contribution in [0.5, 0.6) is 0 Å². The zero-order valence-electron chi connectivity index (χ0n) is 19.5. The van der Waals surface area contributed by atoms with Gasteiger partial charge >= 0.3 is 5.97 Å². The van der Waals surface area contributed by atoms with Gasteiger partial charge in [0.05, 0.1) is 12.3 Å². The van der Waals surface area contributed by atoms with Gasteiger partial charge in [-0.25, -0.2) is 9.89 Å². The van der Waals surface area contributed by atoms with Gasteiger partial charge in [-0.15, -0.1) is 0 Å². The van der Waals surface area contributed by atoms with Crippen molar-refractivity contribution in [2.45, 2.75) is 13.8 Å². The number of anilines is 1. The second-order valence-electron chi connectivity index (χ2n) is 7.66. The maximum atomic E-state index is 13.5. The number of primary amides is 1. The zero-order chi connectivity index (χ0) is 25.8. The molecule has 182 valence electrons. The molecular formula is C26H22N4O6. The van der Waals surface area contributed by atoms with Crippen LogP contribution in [0, 0.1) is 6.92 Å². The number of hydrogen-bond acceptors (Lipinski definition) is 7. The number of H-pyrrole nitrogens is 1. The molecule has 36 heavy (non-hydrogen) atoms. The monoisotopic (exact) mass is 486 g/mol. The Balaban J connectivity index is 1.88. The molecular weight excluding hydrogens is 464 g/mol. The van der Waals surface area contributed by atoms with Crippen molar-refractivity contribution in [3.05, 3.63) is 93.5 Å². The lowest BCUT2D eigenvalue weighted by Crippen LogP contribution is -2.27. The fourth-order valence-corrected chi connectivity index (χ4v) is 3.84. The Labute approximate surface area is 205 Å². The number of nitrogens with zero attached hydrogens (tertiary/aromatic N) is 1. The summed E-state index contributed by atoms with van der Waals surface area (Å²) in [4.78, 5) is 51.0. The van der Waals surface area contributed by atoms with Crippen molar-refractivity contribution in [3.8, 4) is 22.4 Å². The van der Waals surface area contributed by atoms with Crippen LogP contribution in [0.4, 0.5) is 5.88 Å². The Hall–Kier alpha value is -4.99. The first-order chi connectivity index (χ1) is 17.3. The number of carbonyl (C=O) groups excluding carboxylic acids is 3. The van der Waals surface area contributed by atoms with Gasteiger partial charge in [0.2, 0.25) is 5.88 Å². The summed E-state index contributed by atoms with van der Waals surface area (Å²) in [7, 11) is 0. The lowest BCUT2D eigenvalue weighted by molar-refractivity contribution is 0.0521. The normalized spacial score (nSPS) is 10.6. The predicted molar refractivity (Wildman–Crippen MR) is 132 cm³/mol. The van der Waals surface area contributed by atoms with Gasteiger partial charge in [0, 0.05) is 11.1 Å². The van der Waals surface area contributed by atoms with E-state index >= 15 is 0 Å². The first-order valence-electron chi connectivity index (χ1n) is 11.0. The summed E-state index contributed by atoms with van der Waals surface area (Å²) in [5, 5.41) is 9.01. The molecule has 0 radical (unpaired) electrons. The molecule has 4 N–H and O–H groups in total. The Kier molecular flexibility index (Phi) is 6.77. The highest BCUT2D eigenvalue weighted by Gasteiger charge is 2.31. The van der Waals surface area contributed by atoms with Crippen LogP contribution in [0.15, 0.2) is 69.9 Å². The van der Waals surface area contributed by atoms with Crippen LogP contribution in [-0.4, -0.2) is 34.6 Å². The van der Waals surface area contributed by atoms with Crippen molar-refractivity contribution in [3.63, 3.8) is 0 Å². The van der Waals surface area contributed by atoms with Gasteiger partial charge < -0.3 is 14.9 Å². The molecule has 0 aliphatic heterocycles. The highest BCUT2D eigenvalue weighted by Crippen LogP contribution is 2.33. The smallest absolute Gasteiger partial charge is 0.342 e. The summed E-state index contributed by atoms with van der Waals surface area (Å²) >= 11 is 0. The summed E-state index contributed by atoms with van der Waals surface area (Å²) in [5.41, 5.74) is 5.79. The third-order valence-corrected chi connectivity index (χ3v) is 5.36. The average molecular weight is 486 g/mol. The second-order valence-corrected chi connectivity index (χ2v) is 7.66. The minimum absolute atomic E-state index is 0.0226. The van der Waals surface area contributed by atoms with Gasteiger partial charge in [0.25, 0.3) is 17.4 Å². The maximum Gasteiger partial charge on any atom is 0.342 e. The topological polar surface area (TPSA) is 157 Å². The van der Waals surface area contributed by atoms with Crippen LogP contribution in [0.1, 0.15) is 43.8 Å². The number of carbonyl (C=O) groups is 3. The van der Waals surface area contributed by atoms with Crippen LogP contribution in [0.2, 0.25) is 0 Å². The number of rotatable bonds is 7. The molecule has 0 aliphatic rings. The molecule has 0 saturated heterocycles. The minimum Gasteiger partial charge on any atom is -0.462 e. The van der Waals surface area contributed by atoms with Crippen molar-refractivity contribution < 1.29 is 23.5 Å². The van der Waals surface area contributed by atoms with E-state index < -0.39 is 23.3 Å². The molecule has 4 aromatic rings. The first-order valence-corrected chi connectivity index (χ1v) is 11.0. The summed E-state index contributed by atoms with van der Waals surface area (Å²) < 4.78 is 10.5. The summed E-state index contributed by atoms with van der Waals surface area (Å²) in [5.74, 6) is -3.08. The Bertz CT molecular complexity index is 1510. The van der Waals surface area contributed by atoms with E-state index in [1.54, 1.807) is 61.5 Å². The Morgan fingerprint density at radius 3 is 2.17 bits per heavy atom. The fraction of sp³-hybridized carbons (Fsp3) is 0.115. The van der Waals surface area contributed by atoms with Crippen molar-refractivity contribution in [1.29, 1.82) is 0 Å². The number of furan rings is 1. The quantitative estimate of drug-likeness (QED) is 0.337. The van der Waals surface area contributed by atoms with Crippen LogP contribution in [0.25, 0.3) is 22.4 Å². The minimum atomic E-state index is -1.01. The largest absolute Gasteiger partial charge is 0.462 e. The van der Waals surface area contributed by atoms with Crippen molar-refractivity contribution in [2.24, 2.45) is 5.73 Å². The fourth-order valence-electron chi connectivity index (χ4n) is 3.84. The first kappa shape index (κ1) is 24.1. The number of aromatic amines is 1. The summed E-state index contributed by atoms with van der Waals surface area (Å²) in [6.45, 7) is 3.08. The molecule has 0 fully saturated rings. The Morgan fingerprint density at radius 2 is 1.58 bits per heavy atom. The van der Waals surface area contributed by atoms with Crippen LogP contribution in [-0.2, 0) is 4.74 Å². The Morgan fingerprint density at radius 1 is 0.972 bits per heavy atom. The van der Waals surface area contributed by atoms with E-state index in [9.17, 15) is 19.2 Å². The number of aryl methyl sites for hydroxylation is 1. The second kappa shape index (κ2) is 10.1. The van der Waals surface area contributed by atoms with Crippen molar-refractivity contribution >= 4 is 23.7 Å². The number of aromatic nitrogens is 2. The van der Waals surface area contributed by atoms with Gasteiger partial charge in [-0.05, 0) is 19.4 Å². The molecule has 2 amide bonds. The molecule has 0 saturated carbocycles. The summed E-state index contributed by atoms with van der Waals surface area (Å²) in [6.07, 6.45) is 0. The van der Waals surface area contributed by atoms with E-state index in [-0.39, 0.29) is 40.5 Å². The van der Waals surface area contributed by atoms with E-state index in [0.717, 1.165) is 0 Å². The van der Waals surface area contributed by atoms with Crippen molar-refractivity contribution in [1.82, 2.24) is 10.2 Å². The third kappa shape index (κ3) is 4.51. The van der Waals surface area contributed by atoms with E-state index in [4.69, 9.17) is 14.9 Å². The molecule has 0 bridgehead atoms. The van der Waals surface area contributed by atoms with Gasteiger partial charge in [-0.1, -0.05) is 60.7 Å². The SMILES string of the molecule is CCOC(=O)c1c(C)oc(NC(=O)c2c(-c3ccccc3)c(-c3ccccc3)n[nH]c2=O)c1C(N)=O.